The van der Waals surface area contributed by atoms with Gasteiger partial charge in [0.2, 0.25) is 0 Å². The van der Waals surface area contributed by atoms with Crippen LogP contribution < -0.4 is 0 Å². The third kappa shape index (κ3) is 9.10. The Hall–Kier alpha value is -1.29. The predicted octanol–water partition coefficient (Wildman–Crippen LogP) is 7.05. The second-order valence-corrected chi connectivity index (χ2v) is 26.2. The highest BCUT2D eigenvalue weighted by Crippen LogP contribution is 2.42. The molecular weight excluding hydrogens is 569 g/mol. The van der Waals surface area contributed by atoms with E-state index in [4.69, 9.17) is 20.0 Å². The molecule has 1 aromatic rings. The smallest absolute Gasteiger partial charge is 0.192 e. The summed E-state index contributed by atoms with van der Waals surface area (Å²) in [6.45, 7) is 24.6. The maximum absolute atomic E-state index is 13.5. The van der Waals surface area contributed by atoms with E-state index in [1.807, 2.05) is 19.1 Å². The molecule has 0 amide bonds. The van der Waals surface area contributed by atoms with Gasteiger partial charge in [-0.3, -0.25) is 0 Å². The number of aldehydes is 1. The maximum atomic E-state index is 13.5. The zero-order valence-electron chi connectivity index (χ0n) is 27.2. The molecule has 5 atom stereocenters. The Labute approximate surface area is 252 Å². The minimum absolute atomic E-state index is 0.00569. The number of carbonyl (C=O) groups is 1. The van der Waals surface area contributed by atoms with Crippen molar-refractivity contribution >= 4 is 32.8 Å². The fourth-order valence-corrected chi connectivity index (χ4v) is 8.75. The Morgan fingerprint density at radius 3 is 2.02 bits per heavy atom. The molecule has 0 aromatic heterocycles. The molecule has 1 saturated heterocycles. The van der Waals surface area contributed by atoms with E-state index >= 15 is 0 Å². The van der Waals surface area contributed by atoms with Crippen LogP contribution >= 0.6 is 0 Å². The first-order valence-corrected chi connectivity index (χ1v) is 22.3. The molecule has 6 nitrogen and oxygen atoms in total. The molecule has 0 radical (unpaired) electrons. The SMILES string of the molecule is C#CC1[C@@H](CS(=O)(=O)c2ccc(CC)cc2)[C@H](CC=O)O[C@@H]1C[C@@H](CO[Si](C)(C)C(C)(C)C)O[Si](C)(C)C(C)(C)C. The van der Waals surface area contributed by atoms with Gasteiger partial charge in [0.1, 0.15) is 6.29 Å². The Morgan fingerprint density at radius 2 is 1.56 bits per heavy atom. The third-order valence-electron chi connectivity index (χ3n) is 9.51. The van der Waals surface area contributed by atoms with Gasteiger partial charge in [-0.25, -0.2) is 8.42 Å². The van der Waals surface area contributed by atoms with Gasteiger partial charge in [0.05, 0.1) is 41.5 Å². The fraction of sp³-hybridized carbons (Fsp3) is 0.719. The summed E-state index contributed by atoms with van der Waals surface area (Å²) in [6.07, 6.45) is 6.99. The molecule has 2 rings (SSSR count). The lowest BCUT2D eigenvalue weighted by Crippen LogP contribution is -2.48. The van der Waals surface area contributed by atoms with Crippen LogP contribution in [0.4, 0.5) is 0 Å². The molecule has 0 bridgehead atoms. The van der Waals surface area contributed by atoms with Crippen LogP contribution in [0.3, 0.4) is 0 Å². The van der Waals surface area contributed by atoms with Gasteiger partial charge in [0.15, 0.2) is 26.5 Å². The van der Waals surface area contributed by atoms with E-state index < -0.39 is 50.5 Å². The van der Waals surface area contributed by atoms with E-state index in [0.29, 0.717) is 13.0 Å². The second-order valence-electron chi connectivity index (χ2n) is 14.6. The molecule has 9 heteroatoms. The summed E-state index contributed by atoms with van der Waals surface area (Å²) in [5, 5.41) is 0.0395. The van der Waals surface area contributed by atoms with E-state index in [2.05, 4.69) is 73.7 Å². The van der Waals surface area contributed by atoms with Crippen LogP contribution in [0.1, 0.15) is 66.9 Å². The van der Waals surface area contributed by atoms with Gasteiger partial charge in [0.25, 0.3) is 0 Å². The lowest BCUT2D eigenvalue weighted by molar-refractivity contribution is -0.110. The highest BCUT2D eigenvalue weighted by atomic mass is 32.2. The van der Waals surface area contributed by atoms with Crippen LogP contribution in [0.15, 0.2) is 29.2 Å². The van der Waals surface area contributed by atoms with Crippen molar-refractivity contribution in [3.8, 4) is 12.3 Å². The quantitative estimate of drug-likeness (QED) is 0.133. The minimum Gasteiger partial charge on any atom is -0.414 e. The number of hydrogen-bond acceptors (Lipinski definition) is 6. The first-order chi connectivity index (χ1) is 18.7. The summed E-state index contributed by atoms with van der Waals surface area (Å²) in [7, 11) is -7.88. The predicted molar refractivity (Wildman–Crippen MR) is 173 cm³/mol. The molecule has 0 spiro atoms. The van der Waals surface area contributed by atoms with Gasteiger partial charge in [-0.2, -0.15) is 0 Å². The first-order valence-electron chi connectivity index (χ1n) is 14.9. The molecule has 1 fully saturated rings. The maximum Gasteiger partial charge on any atom is 0.192 e. The number of hydrogen-bond donors (Lipinski definition) is 0. The molecule has 1 aliphatic heterocycles. The molecule has 0 aliphatic carbocycles. The van der Waals surface area contributed by atoms with E-state index in [0.717, 1.165) is 18.3 Å². The Bertz CT molecular complexity index is 1160. The van der Waals surface area contributed by atoms with Crippen molar-refractivity contribution in [1.29, 1.82) is 0 Å². The highest BCUT2D eigenvalue weighted by Gasteiger charge is 2.48. The van der Waals surface area contributed by atoms with Crippen molar-refractivity contribution < 1.29 is 26.8 Å². The highest BCUT2D eigenvalue weighted by molar-refractivity contribution is 7.91. The Morgan fingerprint density at radius 1 is 1.00 bits per heavy atom. The minimum atomic E-state index is -3.64. The monoisotopic (exact) mass is 622 g/mol. The normalized spacial score (nSPS) is 23.3. The van der Waals surface area contributed by atoms with Crippen LogP contribution in [0.25, 0.3) is 0 Å². The summed E-state index contributed by atoms with van der Waals surface area (Å²) < 4.78 is 46.9. The number of carbonyl (C=O) groups excluding carboxylic acids is 1. The molecule has 1 heterocycles. The number of rotatable bonds is 13. The number of sulfone groups is 1. The largest absolute Gasteiger partial charge is 0.414 e. The lowest BCUT2D eigenvalue weighted by atomic mass is 9.86. The standard InChI is InChI=1S/C32H54O6SSi2/c1-13-24-15-17-26(18-16-24)39(34,35)23-28-27(14-2)30(37-29(28)19-20-33)21-25(38-41(11,12)32(6,7)8)22-36-40(9,10)31(3,4)5/h2,15-18,20,25,27-30H,13,19,21-23H2,1,3-12H3/t25-,27?,28+,29-,30+/m0/s1. The average molecular weight is 623 g/mol. The summed E-state index contributed by atoms with van der Waals surface area (Å²) in [5.74, 6) is 1.72. The van der Waals surface area contributed by atoms with E-state index in [-0.39, 0.29) is 33.2 Å². The first kappa shape index (κ1) is 35.9. The summed E-state index contributed by atoms with van der Waals surface area (Å²) in [4.78, 5) is 11.9. The van der Waals surface area contributed by atoms with Gasteiger partial charge in [0, 0.05) is 18.8 Å². The number of terminal acetylenes is 1. The summed E-state index contributed by atoms with van der Waals surface area (Å²) in [5.41, 5.74) is 1.07. The molecular formula is C32H54O6SSi2. The van der Waals surface area contributed by atoms with Gasteiger partial charge >= 0.3 is 0 Å². The van der Waals surface area contributed by atoms with Crippen molar-refractivity contribution in [3.63, 3.8) is 0 Å². The average Bonchev–Trinajstić information content (AvgIpc) is 3.16. The van der Waals surface area contributed by atoms with Gasteiger partial charge in [-0.05, 0) is 60.4 Å². The van der Waals surface area contributed by atoms with Crippen molar-refractivity contribution in [2.45, 2.75) is 127 Å². The van der Waals surface area contributed by atoms with Crippen LogP contribution in [0.2, 0.25) is 36.3 Å². The molecule has 1 aromatic carbocycles. The Balaban J connectivity index is 2.37. The van der Waals surface area contributed by atoms with Crippen molar-refractivity contribution in [1.82, 2.24) is 0 Å². The topological polar surface area (TPSA) is 78.9 Å². The fourth-order valence-electron chi connectivity index (χ4n) is 4.69. The number of aryl methyl sites for hydroxylation is 1. The van der Waals surface area contributed by atoms with Crippen molar-refractivity contribution in [3.05, 3.63) is 29.8 Å². The zero-order valence-corrected chi connectivity index (χ0v) is 30.1. The molecule has 1 unspecified atom stereocenters. The molecule has 0 saturated carbocycles. The molecule has 1 aliphatic rings. The van der Waals surface area contributed by atoms with E-state index in [1.165, 1.54) is 0 Å². The van der Waals surface area contributed by atoms with E-state index in [1.54, 1.807) is 12.1 Å². The van der Waals surface area contributed by atoms with Crippen molar-refractivity contribution in [2.24, 2.45) is 11.8 Å². The number of ether oxygens (including phenoxy) is 1. The van der Waals surface area contributed by atoms with Gasteiger partial charge in [-0.1, -0.05) is 60.6 Å². The number of benzene rings is 1. The van der Waals surface area contributed by atoms with Crippen LogP contribution in [-0.2, 0) is 34.6 Å². The summed E-state index contributed by atoms with van der Waals surface area (Å²) >= 11 is 0. The molecule has 0 N–H and O–H groups in total. The van der Waals surface area contributed by atoms with Gasteiger partial charge < -0.3 is 18.4 Å². The summed E-state index contributed by atoms with van der Waals surface area (Å²) in [6, 6.07) is 6.99. The zero-order chi connectivity index (χ0) is 31.4. The van der Waals surface area contributed by atoms with Crippen LogP contribution in [0.5, 0.6) is 0 Å². The molecule has 41 heavy (non-hydrogen) atoms. The molecule has 232 valence electrons. The lowest BCUT2D eigenvalue weighted by Gasteiger charge is -2.42. The van der Waals surface area contributed by atoms with Gasteiger partial charge in [-0.15, -0.1) is 12.3 Å². The third-order valence-corrected chi connectivity index (χ3v) is 20.4. The second kappa shape index (κ2) is 13.6. The van der Waals surface area contributed by atoms with E-state index in [9.17, 15) is 13.2 Å². The Kier molecular flexibility index (Phi) is 11.9. The van der Waals surface area contributed by atoms with Crippen molar-refractivity contribution in [2.75, 3.05) is 12.4 Å². The van der Waals surface area contributed by atoms with Crippen LogP contribution in [0, 0.1) is 24.2 Å². The van der Waals surface area contributed by atoms with Crippen LogP contribution in [-0.4, -0.2) is 62.0 Å².